The summed E-state index contributed by atoms with van der Waals surface area (Å²) in [6.45, 7) is 5.67. The number of nitrogens with one attached hydrogen (secondary N) is 1. The molecule has 2 heterocycles. The summed E-state index contributed by atoms with van der Waals surface area (Å²) in [5, 5.41) is 3.59. The summed E-state index contributed by atoms with van der Waals surface area (Å²) >= 11 is 0. The second-order valence-corrected chi connectivity index (χ2v) is 8.21. The number of pyridine rings is 1. The van der Waals surface area contributed by atoms with Gasteiger partial charge in [-0.1, -0.05) is 12.1 Å². The molecular formula is C26H27N3O3. The van der Waals surface area contributed by atoms with Crippen LogP contribution in [-0.2, 0) is 9.53 Å². The number of esters is 1. The van der Waals surface area contributed by atoms with Crippen molar-refractivity contribution >= 4 is 23.3 Å². The third kappa shape index (κ3) is 4.08. The van der Waals surface area contributed by atoms with Crippen molar-refractivity contribution in [3.63, 3.8) is 0 Å². The third-order valence-electron chi connectivity index (χ3n) is 5.98. The molecule has 164 valence electrons. The minimum Gasteiger partial charge on any atom is -0.465 e. The van der Waals surface area contributed by atoms with Gasteiger partial charge in [-0.2, -0.15) is 0 Å². The molecule has 1 aliphatic rings. The Morgan fingerprint density at radius 3 is 2.62 bits per heavy atom. The molecule has 0 saturated carbocycles. The fraction of sp³-hybridized carbons (Fsp3) is 0.269. The van der Waals surface area contributed by atoms with Crippen LogP contribution in [0.15, 0.2) is 60.9 Å². The van der Waals surface area contributed by atoms with E-state index in [1.807, 2.05) is 48.2 Å². The molecule has 3 aromatic rings. The summed E-state index contributed by atoms with van der Waals surface area (Å²) in [6.07, 6.45) is 4.34. The van der Waals surface area contributed by atoms with E-state index in [0.717, 1.165) is 40.0 Å². The highest BCUT2D eigenvalue weighted by atomic mass is 16.5. The number of carbonyl (C=O) groups is 2. The molecular weight excluding hydrogens is 402 g/mol. The van der Waals surface area contributed by atoms with Gasteiger partial charge in [-0.3, -0.25) is 9.78 Å². The predicted octanol–water partition coefficient (Wildman–Crippen LogP) is 5.14. The average molecular weight is 430 g/mol. The molecule has 0 bridgehead atoms. The smallest absolute Gasteiger partial charge is 0.337 e. The Bertz CT molecular complexity index is 1160. The van der Waals surface area contributed by atoms with Crippen LogP contribution >= 0.6 is 0 Å². The van der Waals surface area contributed by atoms with E-state index in [1.165, 1.54) is 7.11 Å². The van der Waals surface area contributed by atoms with Crippen LogP contribution < -0.4 is 10.2 Å². The fourth-order valence-corrected chi connectivity index (χ4v) is 4.53. The summed E-state index contributed by atoms with van der Waals surface area (Å²) in [5.74, 6) is -0.318. The van der Waals surface area contributed by atoms with Crippen molar-refractivity contribution in [2.45, 2.75) is 39.3 Å². The summed E-state index contributed by atoms with van der Waals surface area (Å²) in [7, 11) is 1.38. The van der Waals surface area contributed by atoms with Crippen molar-refractivity contribution in [1.29, 1.82) is 0 Å². The average Bonchev–Trinajstić information content (AvgIpc) is 2.78. The van der Waals surface area contributed by atoms with E-state index in [-0.39, 0.29) is 24.0 Å². The molecule has 0 radical (unpaired) electrons. The van der Waals surface area contributed by atoms with Gasteiger partial charge >= 0.3 is 5.97 Å². The number of aromatic nitrogens is 1. The van der Waals surface area contributed by atoms with Crippen LogP contribution in [-0.4, -0.2) is 30.0 Å². The van der Waals surface area contributed by atoms with Crippen molar-refractivity contribution in [3.8, 4) is 11.1 Å². The maximum atomic E-state index is 12.4. The maximum absolute atomic E-state index is 12.4. The first kappa shape index (κ1) is 21.6. The highest BCUT2D eigenvalue weighted by molar-refractivity contribution is 5.95. The number of methoxy groups -OCH3 is 1. The van der Waals surface area contributed by atoms with Crippen LogP contribution in [0.1, 0.15) is 47.8 Å². The number of hydrogen-bond donors (Lipinski definition) is 1. The van der Waals surface area contributed by atoms with Crippen LogP contribution in [0.3, 0.4) is 0 Å². The zero-order chi connectivity index (χ0) is 22.8. The van der Waals surface area contributed by atoms with Crippen LogP contribution in [0.4, 0.5) is 11.4 Å². The second kappa shape index (κ2) is 8.83. The summed E-state index contributed by atoms with van der Waals surface area (Å²) in [6, 6.07) is 15.8. The molecule has 1 N–H and O–H groups in total. The van der Waals surface area contributed by atoms with E-state index < -0.39 is 0 Å². The standard InChI is InChI=1S/C26H27N3O3/c1-16-12-20(26(31)32-4)7-9-22(16)19-8-10-25-23(14-19)24(13-17(2)29(25)18(3)30)28-21-6-5-11-27-15-21/h5-12,14-15,17,24,28H,13H2,1-4H3. The molecule has 4 rings (SSSR count). The molecule has 2 unspecified atom stereocenters. The maximum Gasteiger partial charge on any atom is 0.337 e. The zero-order valence-corrected chi connectivity index (χ0v) is 18.8. The van der Waals surface area contributed by atoms with Gasteiger partial charge in [0.25, 0.3) is 0 Å². The van der Waals surface area contributed by atoms with E-state index in [4.69, 9.17) is 4.74 Å². The summed E-state index contributed by atoms with van der Waals surface area (Å²) in [5.41, 5.74) is 6.51. The largest absolute Gasteiger partial charge is 0.465 e. The summed E-state index contributed by atoms with van der Waals surface area (Å²) < 4.78 is 4.84. The highest BCUT2D eigenvalue weighted by Gasteiger charge is 2.32. The van der Waals surface area contributed by atoms with Crippen molar-refractivity contribution < 1.29 is 14.3 Å². The molecule has 32 heavy (non-hydrogen) atoms. The van der Waals surface area contributed by atoms with Crippen LogP contribution in [0.2, 0.25) is 0 Å². The minimum absolute atomic E-state index is 0.0324. The molecule has 1 aromatic heterocycles. The number of anilines is 2. The van der Waals surface area contributed by atoms with Crippen LogP contribution in [0, 0.1) is 6.92 Å². The van der Waals surface area contributed by atoms with Crippen LogP contribution in [0.25, 0.3) is 11.1 Å². The van der Waals surface area contributed by atoms with Gasteiger partial charge in [0, 0.05) is 31.0 Å². The fourth-order valence-electron chi connectivity index (χ4n) is 4.53. The molecule has 6 nitrogen and oxygen atoms in total. The Labute approximate surface area is 188 Å². The molecule has 0 spiro atoms. The van der Waals surface area contributed by atoms with Gasteiger partial charge in [0.1, 0.15) is 0 Å². The van der Waals surface area contributed by atoms with E-state index in [9.17, 15) is 9.59 Å². The number of ether oxygens (including phenoxy) is 1. The number of hydrogen-bond acceptors (Lipinski definition) is 5. The number of fused-ring (bicyclic) bond motifs is 1. The topological polar surface area (TPSA) is 71.5 Å². The zero-order valence-electron chi connectivity index (χ0n) is 18.8. The lowest BCUT2D eigenvalue weighted by atomic mass is 9.88. The Morgan fingerprint density at radius 1 is 1.16 bits per heavy atom. The summed E-state index contributed by atoms with van der Waals surface area (Å²) in [4.78, 5) is 30.4. The highest BCUT2D eigenvalue weighted by Crippen LogP contribution is 2.41. The van der Waals surface area contributed by atoms with Gasteiger partial charge < -0.3 is 15.0 Å². The van der Waals surface area contributed by atoms with E-state index >= 15 is 0 Å². The first-order valence-electron chi connectivity index (χ1n) is 10.7. The SMILES string of the molecule is COC(=O)c1ccc(-c2ccc3c(c2)C(Nc2cccnc2)CC(C)N3C(C)=O)c(C)c1. The monoisotopic (exact) mass is 429 g/mol. The normalized spacial score (nSPS) is 17.4. The molecule has 1 amide bonds. The first-order valence-corrected chi connectivity index (χ1v) is 10.7. The van der Waals surface area contributed by atoms with Gasteiger partial charge in [0.05, 0.1) is 24.4 Å². The molecule has 6 heteroatoms. The van der Waals surface area contributed by atoms with Gasteiger partial charge in [0.2, 0.25) is 5.91 Å². The van der Waals surface area contributed by atoms with Gasteiger partial charge in [-0.25, -0.2) is 4.79 Å². The molecule has 0 saturated heterocycles. The van der Waals surface area contributed by atoms with Crippen molar-refractivity contribution in [2.75, 3.05) is 17.3 Å². The first-order chi connectivity index (χ1) is 15.4. The second-order valence-electron chi connectivity index (χ2n) is 8.21. The minimum atomic E-state index is -0.350. The van der Waals surface area contributed by atoms with Gasteiger partial charge in [-0.05, 0) is 78.9 Å². The van der Waals surface area contributed by atoms with Crippen LogP contribution in [0.5, 0.6) is 0 Å². The Morgan fingerprint density at radius 2 is 1.97 bits per heavy atom. The lowest BCUT2D eigenvalue weighted by molar-refractivity contribution is -0.117. The Hall–Kier alpha value is -3.67. The lowest BCUT2D eigenvalue weighted by Crippen LogP contribution is -2.43. The van der Waals surface area contributed by atoms with Crippen molar-refractivity contribution in [2.24, 2.45) is 0 Å². The van der Waals surface area contributed by atoms with Gasteiger partial charge in [-0.15, -0.1) is 0 Å². The third-order valence-corrected chi connectivity index (χ3v) is 5.98. The number of rotatable bonds is 4. The number of benzene rings is 2. The molecule has 0 aliphatic carbocycles. The molecule has 2 aromatic carbocycles. The van der Waals surface area contributed by atoms with E-state index in [1.54, 1.807) is 25.4 Å². The predicted molar refractivity (Wildman–Crippen MR) is 126 cm³/mol. The lowest BCUT2D eigenvalue weighted by Gasteiger charge is -2.39. The number of aryl methyl sites for hydroxylation is 1. The van der Waals surface area contributed by atoms with Crippen molar-refractivity contribution in [1.82, 2.24) is 4.98 Å². The number of amides is 1. The molecule has 2 atom stereocenters. The number of carbonyl (C=O) groups excluding carboxylic acids is 2. The Balaban J connectivity index is 1.78. The van der Waals surface area contributed by atoms with Gasteiger partial charge in [0.15, 0.2) is 0 Å². The number of nitrogens with zero attached hydrogens (tertiary/aromatic N) is 2. The molecule has 0 fully saturated rings. The Kier molecular flexibility index (Phi) is 5.95. The quantitative estimate of drug-likeness (QED) is 0.581. The van der Waals surface area contributed by atoms with E-state index in [0.29, 0.717) is 5.56 Å². The van der Waals surface area contributed by atoms with Crippen molar-refractivity contribution in [3.05, 3.63) is 77.6 Å². The van der Waals surface area contributed by atoms with E-state index in [2.05, 4.69) is 23.3 Å². The molecule has 1 aliphatic heterocycles.